The van der Waals surface area contributed by atoms with Crippen molar-refractivity contribution in [1.29, 1.82) is 0 Å². The van der Waals surface area contributed by atoms with Crippen molar-refractivity contribution in [1.82, 2.24) is 5.32 Å². The van der Waals surface area contributed by atoms with Gasteiger partial charge in [-0.15, -0.1) is 0 Å². The summed E-state index contributed by atoms with van der Waals surface area (Å²) in [5, 5.41) is 3.47. The van der Waals surface area contributed by atoms with Crippen LogP contribution in [-0.2, 0) is 12.8 Å². The second-order valence-electron chi connectivity index (χ2n) is 6.85. The van der Waals surface area contributed by atoms with Gasteiger partial charge in [0.05, 0.1) is 0 Å². The Balaban J connectivity index is 1.74. The summed E-state index contributed by atoms with van der Waals surface area (Å²) in [6.45, 7) is 1.13. The van der Waals surface area contributed by atoms with Crippen molar-refractivity contribution >= 4 is 11.4 Å². The Morgan fingerprint density at radius 2 is 1.83 bits per heavy atom. The van der Waals surface area contributed by atoms with Crippen molar-refractivity contribution in [3.05, 3.63) is 59.2 Å². The molecule has 1 aliphatic carbocycles. The van der Waals surface area contributed by atoms with E-state index in [1.807, 2.05) is 0 Å². The van der Waals surface area contributed by atoms with Crippen LogP contribution in [0.5, 0.6) is 0 Å². The molecule has 0 fully saturated rings. The first-order valence-electron chi connectivity index (χ1n) is 9.02. The second-order valence-corrected chi connectivity index (χ2v) is 6.85. The molecule has 2 aliphatic rings. The summed E-state index contributed by atoms with van der Waals surface area (Å²) in [5.74, 6) is 0. The lowest BCUT2D eigenvalue weighted by molar-refractivity contribution is 0.496. The van der Waals surface area contributed by atoms with Crippen LogP contribution in [0.3, 0.4) is 0 Å². The van der Waals surface area contributed by atoms with Crippen molar-refractivity contribution in [2.45, 2.75) is 44.6 Å². The summed E-state index contributed by atoms with van der Waals surface area (Å²) in [5.41, 5.74) is 7.32. The molecular formula is C21H26N2. The summed E-state index contributed by atoms with van der Waals surface area (Å²) >= 11 is 0. The fourth-order valence-electron chi connectivity index (χ4n) is 4.23. The zero-order valence-electron chi connectivity index (χ0n) is 14.0. The zero-order chi connectivity index (χ0) is 15.6. The van der Waals surface area contributed by atoms with E-state index < -0.39 is 0 Å². The molecule has 2 nitrogen and oxygen atoms in total. The Kier molecular flexibility index (Phi) is 4.09. The number of nitrogens with zero attached hydrogens (tertiary/aromatic N) is 1. The third kappa shape index (κ3) is 2.76. The first-order chi connectivity index (χ1) is 11.4. The molecule has 0 aromatic heterocycles. The monoisotopic (exact) mass is 306 g/mol. The van der Waals surface area contributed by atoms with E-state index in [0.717, 1.165) is 6.54 Å². The van der Waals surface area contributed by atoms with Crippen LogP contribution < -0.4 is 10.2 Å². The summed E-state index contributed by atoms with van der Waals surface area (Å²) < 4.78 is 0. The number of para-hydroxylation sites is 1. The lowest BCUT2D eigenvalue weighted by atomic mass is 9.87. The van der Waals surface area contributed by atoms with E-state index in [1.165, 1.54) is 66.6 Å². The van der Waals surface area contributed by atoms with Crippen molar-refractivity contribution < 1.29 is 0 Å². The summed E-state index contributed by atoms with van der Waals surface area (Å²) in [4.78, 5) is 2.53. The average Bonchev–Trinajstić information content (AvgIpc) is 2.83. The van der Waals surface area contributed by atoms with Gasteiger partial charge in [0, 0.05) is 24.0 Å². The van der Waals surface area contributed by atoms with Gasteiger partial charge in [-0.25, -0.2) is 0 Å². The fraction of sp³-hybridized carbons (Fsp3) is 0.429. The molecule has 2 heteroatoms. The highest BCUT2D eigenvalue weighted by molar-refractivity contribution is 5.68. The van der Waals surface area contributed by atoms with Gasteiger partial charge in [-0.2, -0.15) is 0 Å². The van der Waals surface area contributed by atoms with E-state index in [1.54, 1.807) is 0 Å². The van der Waals surface area contributed by atoms with Gasteiger partial charge >= 0.3 is 0 Å². The highest BCUT2D eigenvalue weighted by Crippen LogP contribution is 2.36. The standard InChI is InChI=1S/C21H26N2/c1-22-20-10-6-9-17-15-18(12-13-19(17)20)23-14-5-4-8-16-7-2-3-11-21(16)23/h2-3,7,11-13,15,20,22H,4-6,8-10,14H2,1H3/t20-/m1/s1. The van der Waals surface area contributed by atoms with Crippen molar-refractivity contribution in [2.24, 2.45) is 0 Å². The Bertz CT molecular complexity index is 692. The van der Waals surface area contributed by atoms with Crippen molar-refractivity contribution in [3.8, 4) is 0 Å². The third-order valence-corrected chi connectivity index (χ3v) is 5.46. The zero-order valence-corrected chi connectivity index (χ0v) is 14.0. The minimum atomic E-state index is 0.532. The molecule has 2 aromatic rings. The van der Waals surface area contributed by atoms with E-state index in [9.17, 15) is 0 Å². The lowest BCUT2D eigenvalue weighted by Gasteiger charge is -2.29. The topological polar surface area (TPSA) is 15.3 Å². The molecule has 0 saturated heterocycles. The quantitative estimate of drug-likeness (QED) is 0.860. The second kappa shape index (κ2) is 6.37. The number of fused-ring (bicyclic) bond motifs is 2. The molecule has 23 heavy (non-hydrogen) atoms. The molecule has 0 amide bonds. The molecular weight excluding hydrogens is 280 g/mol. The smallest absolute Gasteiger partial charge is 0.0443 e. The van der Waals surface area contributed by atoms with Crippen LogP contribution in [0.25, 0.3) is 0 Å². The fourth-order valence-corrected chi connectivity index (χ4v) is 4.23. The summed E-state index contributed by atoms with van der Waals surface area (Å²) in [6, 6.07) is 16.6. The largest absolute Gasteiger partial charge is 0.341 e. The highest BCUT2D eigenvalue weighted by Gasteiger charge is 2.21. The third-order valence-electron chi connectivity index (χ3n) is 5.46. The number of anilines is 2. The molecule has 0 bridgehead atoms. The Morgan fingerprint density at radius 3 is 2.74 bits per heavy atom. The number of hydrogen-bond donors (Lipinski definition) is 1. The molecule has 1 atom stereocenters. The summed E-state index contributed by atoms with van der Waals surface area (Å²) in [7, 11) is 2.08. The van der Waals surface area contributed by atoms with Gasteiger partial charge in [0.2, 0.25) is 0 Å². The number of benzene rings is 2. The van der Waals surface area contributed by atoms with E-state index in [2.05, 4.69) is 59.7 Å². The van der Waals surface area contributed by atoms with E-state index in [4.69, 9.17) is 0 Å². The molecule has 0 spiro atoms. The predicted molar refractivity (Wildman–Crippen MR) is 97.6 cm³/mol. The maximum atomic E-state index is 3.47. The van der Waals surface area contributed by atoms with Crippen LogP contribution in [-0.4, -0.2) is 13.6 Å². The lowest BCUT2D eigenvalue weighted by Crippen LogP contribution is -2.23. The van der Waals surface area contributed by atoms with Crippen LogP contribution in [0, 0.1) is 0 Å². The van der Waals surface area contributed by atoms with Gasteiger partial charge in [0.15, 0.2) is 0 Å². The molecule has 4 rings (SSSR count). The molecule has 0 saturated carbocycles. The first kappa shape index (κ1) is 14.8. The number of nitrogens with one attached hydrogen (secondary N) is 1. The van der Waals surface area contributed by atoms with Gasteiger partial charge in [0.1, 0.15) is 0 Å². The van der Waals surface area contributed by atoms with Crippen LogP contribution in [0.15, 0.2) is 42.5 Å². The predicted octanol–water partition coefficient (Wildman–Crippen LogP) is 4.76. The van der Waals surface area contributed by atoms with Crippen molar-refractivity contribution in [2.75, 3.05) is 18.5 Å². The maximum absolute atomic E-state index is 3.47. The molecule has 1 N–H and O–H groups in total. The molecule has 1 aliphatic heterocycles. The number of hydrogen-bond acceptors (Lipinski definition) is 2. The number of rotatable bonds is 2. The molecule has 0 unspecified atom stereocenters. The van der Waals surface area contributed by atoms with Crippen LogP contribution in [0.4, 0.5) is 11.4 Å². The SMILES string of the molecule is CN[C@@H]1CCCc2cc(N3CCCCc4ccccc43)ccc21. The molecule has 120 valence electrons. The maximum Gasteiger partial charge on any atom is 0.0443 e. The van der Waals surface area contributed by atoms with Crippen LogP contribution in [0.1, 0.15) is 48.4 Å². The molecule has 0 radical (unpaired) electrons. The Morgan fingerprint density at radius 1 is 0.957 bits per heavy atom. The minimum absolute atomic E-state index is 0.532. The van der Waals surface area contributed by atoms with Gasteiger partial charge in [-0.1, -0.05) is 24.3 Å². The van der Waals surface area contributed by atoms with Crippen molar-refractivity contribution in [3.63, 3.8) is 0 Å². The van der Waals surface area contributed by atoms with Gasteiger partial charge in [0.25, 0.3) is 0 Å². The average molecular weight is 306 g/mol. The minimum Gasteiger partial charge on any atom is -0.341 e. The van der Waals surface area contributed by atoms with Crippen LogP contribution in [0.2, 0.25) is 0 Å². The molecule has 2 aromatic carbocycles. The molecule has 1 heterocycles. The number of aryl methyl sites for hydroxylation is 2. The van der Waals surface area contributed by atoms with E-state index in [-0.39, 0.29) is 0 Å². The van der Waals surface area contributed by atoms with E-state index >= 15 is 0 Å². The highest BCUT2D eigenvalue weighted by atomic mass is 15.1. The first-order valence-corrected chi connectivity index (χ1v) is 9.02. The van der Waals surface area contributed by atoms with Gasteiger partial charge in [-0.05, 0) is 80.5 Å². The Hall–Kier alpha value is -1.80. The van der Waals surface area contributed by atoms with Gasteiger partial charge < -0.3 is 10.2 Å². The Labute approximate surface area is 139 Å². The normalized spacial score (nSPS) is 20.6. The van der Waals surface area contributed by atoms with Gasteiger partial charge in [-0.3, -0.25) is 0 Å². The summed E-state index contributed by atoms with van der Waals surface area (Å²) in [6.07, 6.45) is 7.54. The van der Waals surface area contributed by atoms with E-state index in [0.29, 0.717) is 6.04 Å². The van der Waals surface area contributed by atoms with Crippen LogP contribution >= 0.6 is 0 Å².